The SMILES string of the molecule is CCC(C)(N)COCc1ccc(F)cc1C. The van der Waals surface area contributed by atoms with Gasteiger partial charge in [-0.25, -0.2) is 4.39 Å². The van der Waals surface area contributed by atoms with E-state index in [4.69, 9.17) is 10.5 Å². The highest BCUT2D eigenvalue weighted by molar-refractivity contribution is 5.25. The molecule has 2 N–H and O–H groups in total. The standard InChI is InChI=1S/C13H20FNO/c1-4-13(3,15)9-16-8-11-5-6-12(14)7-10(11)2/h5-7H,4,8-9,15H2,1-3H3. The maximum Gasteiger partial charge on any atom is 0.123 e. The Balaban J connectivity index is 2.49. The van der Waals surface area contributed by atoms with E-state index in [0.29, 0.717) is 13.2 Å². The zero-order chi connectivity index (χ0) is 12.2. The van der Waals surface area contributed by atoms with Crippen LogP contribution in [0.15, 0.2) is 18.2 Å². The maximum atomic E-state index is 12.9. The van der Waals surface area contributed by atoms with E-state index in [1.165, 1.54) is 12.1 Å². The Bertz CT molecular complexity index is 350. The quantitative estimate of drug-likeness (QED) is 0.836. The van der Waals surface area contributed by atoms with Crippen LogP contribution in [0.2, 0.25) is 0 Å². The monoisotopic (exact) mass is 225 g/mol. The van der Waals surface area contributed by atoms with Crippen LogP contribution in [0.5, 0.6) is 0 Å². The van der Waals surface area contributed by atoms with E-state index >= 15 is 0 Å². The summed E-state index contributed by atoms with van der Waals surface area (Å²) in [4.78, 5) is 0. The van der Waals surface area contributed by atoms with Crippen LogP contribution in [-0.4, -0.2) is 12.1 Å². The van der Waals surface area contributed by atoms with Crippen molar-refractivity contribution in [1.82, 2.24) is 0 Å². The van der Waals surface area contributed by atoms with Crippen molar-refractivity contribution >= 4 is 0 Å². The average molecular weight is 225 g/mol. The van der Waals surface area contributed by atoms with Crippen molar-refractivity contribution < 1.29 is 9.13 Å². The molecule has 0 saturated carbocycles. The maximum absolute atomic E-state index is 12.9. The lowest BCUT2D eigenvalue weighted by atomic mass is 10.0. The van der Waals surface area contributed by atoms with Crippen molar-refractivity contribution in [3.63, 3.8) is 0 Å². The van der Waals surface area contributed by atoms with Gasteiger partial charge in [0, 0.05) is 5.54 Å². The highest BCUT2D eigenvalue weighted by atomic mass is 19.1. The number of hydrogen-bond donors (Lipinski definition) is 1. The first kappa shape index (κ1) is 13.1. The number of aryl methyl sites for hydroxylation is 1. The van der Waals surface area contributed by atoms with Crippen LogP contribution in [0.3, 0.4) is 0 Å². The Morgan fingerprint density at radius 3 is 2.69 bits per heavy atom. The molecule has 0 amide bonds. The lowest BCUT2D eigenvalue weighted by molar-refractivity contribution is 0.0774. The lowest BCUT2D eigenvalue weighted by Gasteiger charge is -2.22. The van der Waals surface area contributed by atoms with Gasteiger partial charge < -0.3 is 10.5 Å². The van der Waals surface area contributed by atoms with Gasteiger partial charge in [0.15, 0.2) is 0 Å². The van der Waals surface area contributed by atoms with E-state index in [1.807, 2.05) is 20.8 Å². The fourth-order valence-corrected chi connectivity index (χ4v) is 1.32. The predicted molar refractivity (Wildman–Crippen MR) is 63.7 cm³/mol. The molecule has 1 aromatic carbocycles. The van der Waals surface area contributed by atoms with Crippen molar-refractivity contribution in [1.29, 1.82) is 0 Å². The van der Waals surface area contributed by atoms with Gasteiger partial charge in [0.05, 0.1) is 13.2 Å². The molecule has 0 aliphatic carbocycles. The highest BCUT2D eigenvalue weighted by Crippen LogP contribution is 2.13. The van der Waals surface area contributed by atoms with Crippen LogP contribution < -0.4 is 5.73 Å². The second kappa shape index (κ2) is 5.41. The summed E-state index contributed by atoms with van der Waals surface area (Å²) in [5, 5.41) is 0. The summed E-state index contributed by atoms with van der Waals surface area (Å²) in [6.45, 7) is 6.87. The first-order valence-electron chi connectivity index (χ1n) is 5.56. The third-order valence-electron chi connectivity index (χ3n) is 2.80. The second-order valence-corrected chi connectivity index (χ2v) is 4.57. The Morgan fingerprint density at radius 1 is 1.44 bits per heavy atom. The number of hydrogen-bond acceptors (Lipinski definition) is 2. The van der Waals surface area contributed by atoms with E-state index in [2.05, 4.69) is 0 Å². The van der Waals surface area contributed by atoms with Crippen molar-refractivity contribution in [3.8, 4) is 0 Å². The first-order valence-corrected chi connectivity index (χ1v) is 5.56. The number of ether oxygens (including phenoxy) is 1. The number of rotatable bonds is 5. The van der Waals surface area contributed by atoms with Crippen LogP contribution in [0.1, 0.15) is 31.4 Å². The molecule has 0 heterocycles. The van der Waals surface area contributed by atoms with E-state index in [1.54, 1.807) is 6.07 Å². The van der Waals surface area contributed by atoms with Gasteiger partial charge in [-0.2, -0.15) is 0 Å². The Labute approximate surface area is 96.6 Å². The van der Waals surface area contributed by atoms with Crippen molar-refractivity contribution in [2.24, 2.45) is 5.73 Å². The molecule has 1 atom stereocenters. The zero-order valence-corrected chi connectivity index (χ0v) is 10.2. The normalized spacial score (nSPS) is 14.8. The zero-order valence-electron chi connectivity index (χ0n) is 10.2. The summed E-state index contributed by atoms with van der Waals surface area (Å²) in [6.07, 6.45) is 0.870. The third kappa shape index (κ3) is 3.91. The molecule has 1 aromatic rings. The number of halogens is 1. The summed E-state index contributed by atoms with van der Waals surface area (Å²) in [7, 11) is 0. The molecule has 0 bridgehead atoms. The average Bonchev–Trinajstić information content (AvgIpc) is 2.21. The molecule has 2 nitrogen and oxygen atoms in total. The van der Waals surface area contributed by atoms with Crippen LogP contribution >= 0.6 is 0 Å². The smallest absolute Gasteiger partial charge is 0.123 e. The summed E-state index contributed by atoms with van der Waals surface area (Å²) in [6, 6.07) is 4.72. The van der Waals surface area contributed by atoms with Crippen LogP contribution in [-0.2, 0) is 11.3 Å². The molecule has 1 rings (SSSR count). The second-order valence-electron chi connectivity index (χ2n) is 4.57. The van der Waals surface area contributed by atoms with Crippen LogP contribution in [0, 0.1) is 12.7 Å². The molecule has 0 spiro atoms. The third-order valence-corrected chi connectivity index (χ3v) is 2.80. The van der Waals surface area contributed by atoms with Crippen molar-refractivity contribution in [2.45, 2.75) is 39.3 Å². The predicted octanol–water partition coefficient (Wildman–Crippen LogP) is 2.78. The minimum absolute atomic E-state index is 0.210. The van der Waals surface area contributed by atoms with Crippen molar-refractivity contribution in [3.05, 3.63) is 35.1 Å². The largest absolute Gasteiger partial charge is 0.375 e. The van der Waals surface area contributed by atoms with E-state index in [0.717, 1.165) is 17.5 Å². The molecular formula is C13H20FNO. The topological polar surface area (TPSA) is 35.2 Å². The van der Waals surface area contributed by atoms with Crippen LogP contribution in [0.4, 0.5) is 4.39 Å². The Hall–Kier alpha value is -0.930. The van der Waals surface area contributed by atoms with Crippen LogP contribution in [0.25, 0.3) is 0 Å². The summed E-state index contributed by atoms with van der Waals surface area (Å²) in [5.74, 6) is -0.210. The first-order chi connectivity index (χ1) is 7.44. The Morgan fingerprint density at radius 2 is 2.12 bits per heavy atom. The lowest BCUT2D eigenvalue weighted by Crippen LogP contribution is -2.40. The van der Waals surface area contributed by atoms with Gasteiger partial charge in [0.2, 0.25) is 0 Å². The molecule has 0 fully saturated rings. The van der Waals surface area contributed by atoms with E-state index < -0.39 is 0 Å². The van der Waals surface area contributed by atoms with E-state index in [-0.39, 0.29) is 11.4 Å². The summed E-state index contributed by atoms with van der Waals surface area (Å²) >= 11 is 0. The van der Waals surface area contributed by atoms with Gasteiger partial charge in [-0.1, -0.05) is 13.0 Å². The molecule has 0 aliphatic rings. The van der Waals surface area contributed by atoms with E-state index in [9.17, 15) is 4.39 Å². The van der Waals surface area contributed by atoms with Gasteiger partial charge >= 0.3 is 0 Å². The minimum Gasteiger partial charge on any atom is -0.375 e. The molecule has 90 valence electrons. The van der Waals surface area contributed by atoms with Gasteiger partial charge in [0.1, 0.15) is 5.82 Å². The molecule has 1 unspecified atom stereocenters. The summed E-state index contributed by atoms with van der Waals surface area (Å²) in [5.41, 5.74) is 7.59. The van der Waals surface area contributed by atoms with Gasteiger partial charge in [-0.05, 0) is 43.5 Å². The number of nitrogens with two attached hydrogens (primary N) is 1. The van der Waals surface area contributed by atoms with Gasteiger partial charge in [0.25, 0.3) is 0 Å². The fraction of sp³-hybridized carbons (Fsp3) is 0.538. The highest BCUT2D eigenvalue weighted by Gasteiger charge is 2.15. The molecule has 0 aliphatic heterocycles. The van der Waals surface area contributed by atoms with Crippen molar-refractivity contribution in [2.75, 3.05) is 6.61 Å². The molecule has 0 saturated heterocycles. The molecule has 0 aromatic heterocycles. The minimum atomic E-state index is -0.284. The molecule has 3 heteroatoms. The molecular weight excluding hydrogens is 205 g/mol. The summed E-state index contributed by atoms with van der Waals surface area (Å²) < 4.78 is 18.4. The number of benzene rings is 1. The molecule has 0 radical (unpaired) electrons. The van der Waals surface area contributed by atoms with Gasteiger partial charge in [-0.3, -0.25) is 0 Å². The Kier molecular flexibility index (Phi) is 4.44. The van der Waals surface area contributed by atoms with Gasteiger partial charge in [-0.15, -0.1) is 0 Å². The fourth-order valence-electron chi connectivity index (χ4n) is 1.32. The molecule has 16 heavy (non-hydrogen) atoms.